The predicted molar refractivity (Wildman–Crippen MR) is 93.1 cm³/mol. The monoisotopic (exact) mass is 339 g/mol. The molecule has 1 fully saturated rings. The Labute approximate surface area is 147 Å². The van der Waals surface area contributed by atoms with Gasteiger partial charge in [0, 0.05) is 19.5 Å². The van der Waals surface area contributed by atoms with Gasteiger partial charge >= 0.3 is 6.03 Å². The van der Waals surface area contributed by atoms with Crippen LogP contribution in [0, 0.1) is 12.3 Å². The van der Waals surface area contributed by atoms with E-state index in [0.717, 1.165) is 12.1 Å². The number of para-hydroxylation sites is 1. The van der Waals surface area contributed by atoms with Gasteiger partial charge in [-0.25, -0.2) is 14.5 Å². The van der Waals surface area contributed by atoms with Gasteiger partial charge in [-0.2, -0.15) is 5.10 Å². The van der Waals surface area contributed by atoms with Crippen molar-refractivity contribution < 1.29 is 9.53 Å². The van der Waals surface area contributed by atoms with Crippen molar-refractivity contribution >= 4 is 6.03 Å². The van der Waals surface area contributed by atoms with E-state index in [1.165, 1.54) is 6.33 Å². The van der Waals surface area contributed by atoms with Crippen LogP contribution < -0.4 is 5.32 Å². The lowest BCUT2D eigenvalue weighted by molar-refractivity contribution is 0.00794. The summed E-state index contributed by atoms with van der Waals surface area (Å²) in [5.41, 5.74) is 0.898. The summed E-state index contributed by atoms with van der Waals surface area (Å²) in [5, 5.41) is 7.23. The lowest BCUT2D eigenvalue weighted by Gasteiger charge is -2.34. The quantitative estimate of drug-likeness (QED) is 0.665. The third kappa shape index (κ3) is 3.98. The molecule has 0 radical (unpaired) electrons. The minimum absolute atomic E-state index is 0.132. The highest BCUT2D eigenvalue weighted by molar-refractivity contribution is 5.74. The fourth-order valence-corrected chi connectivity index (χ4v) is 2.79. The van der Waals surface area contributed by atoms with E-state index in [1.54, 1.807) is 9.58 Å². The molecule has 1 atom stereocenters. The molecule has 0 spiro atoms. The summed E-state index contributed by atoms with van der Waals surface area (Å²) in [5.74, 6) is 3.26. The Hall–Kier alpha value is -2.85. The van der Waals surface area contributed by atoms with Gasteiger partial charge in [-0.3, -0.25) is 0 Å². The van der Waals surface area contributed by atoms with Gasteiger partial charge in [-0.15, -0.1) is 12.3 Å². The average Bonchev–Trinajstić information content (AvgIpc) is 3.15. The lowest BCUT2D eigenvalue weighted by atomic mass is 10.2. The van der Waals surface area contributed by atoms with Crippen LogP contribution in [0.15, 0.2) is 36.7 Å². The summed E-state index contributed by atoms with van der Waals surface area (Å²) >= 11 is 0. The van der Waals surface area contributed by atoms with Gasteiger partial charge in [0.05, 0.1) is 18.9 Å². The normalized spacial score (nSPS) is 17.1. The van der Waals surface area contributed by atoms with Crippen LogP contribution in [0.1, 0.15) is 24.7 Å². The van der Waals surface area contributed by atoms with Crippen LogP contribution in [0.25, 0.3) is 5.69 Å². The van der Waals surface area contributed by atoms with Crippen molar-refractivity contribution in [1.29, 1.82) is 0 Å². The number of carbonyl (C=O) groups excluding carboxylic acids is 1. The summed E-state index contributed by atoms with van der Waals surface area (Å²) in [4.78, 5) is 18.7. The molecule has 0 saturated carbocycles. The zero-order valence-corrected chi connectivity index (χ0v) is 14.0. The molecule has 1 saturated heterocycles. The number of amides is 2. The van der Waals surface area contributed by atoms with Gasteiger partial charge < -0.3 is 15.0 Å². The Bertz CT molecular complexity index is 737. The number of hydrogen-bond acceptors (Lipinski definition) is 4. The van der Waals surface area contributed by atoms with Crippen molar-refractivity contribution in [3.8, 4) is 18.0 Å². The van der Waals surface area contributed by atoms with E-state index in [2.05, 4.69) is 21.3 Å². The molecule has 7 nitrogen and oxygen atoms in total. The molecule has 7 heteroatoms. The molecule has 2 heterocycles. The van der Waals surface area contributed by atoms with Crippen molar-refractivity contribution in [2.75, 3.05) is 26.3 Å². The molecule has 1 aromatic carbocycles. The van der Waals surface area contributed by atoms with E-state index in [4.69, 9.17) is 11.2 Å². The molecule has 0 unspecified atom stereocenters. The molecule has 1 aliphatic rings. The van der Waals surface area contributed by atoms with Crippen LogP contribution in [0.2, 0.25) is 0 Å². The zero-order chi connectivity index (χ0) is 17.5. The van der Waals surface area contributed by atoms with Gasteiger partial charge in [0.15, 0.2) is 5.82 Å². The second kappa shape index (κ2) is 8.31. The molecule has 1 N–H and O–H groups in total. The van der Waals surface area contributed by atoms with Crippen LogP contribution in [0.4, 0.5) is 4.79 Å². The van der Waals surface area contributed by atoms with Crippen molar-refractivity contribution in [2.45, 2.75) is 18.9 Å². The molecule has 0 bridgehead atoms. The number of benzene rings is 1. The van der Waals surface area contributed by atoms with Gasteiger partial charge in [0.2, 0.25) is 0 Å². The number of unbranched alkanes of at least 4 members (excludes halogenated alkanes) is 1. The molecular formula is C18H21N5O2. The van der Waals surface area contributed by atoms with E-state index < -0.39 is 0 Å². The Morgan fingerprint density at radius 3 is 3.04 bits per heavy atom. The number of ether oxygens (including phenoxy) is 1. The first-order chi connectivity index (χ1) is 12.3. The third-order valence-electron chi connectivity index (χ3n) is 4.04. The molecule has 0 aliphatic carbocycles. The highest BCUT2D eigenvalue weighted by atomic mass is 16.5. The number of urea groups is 1. The number of hydrogen-bond donors (Lipinski definition) is 1. The number of terminal acetylenes is 1. The van der Waals surface area contributed by atoms with Crippen LogP contribution in [0.3, 0.4) is 0 Å². The van der Waals surface area contributed by atoms with Gasteiger partial charge in [-0.05, 0) is 18.6 Å². The number of carbonyl (C=O) groups is 1. The topological polar surface area (TPSA) is 72.3 Å². The number of aromatic nitrogens is 3. The lowest BCUT2D eigenvalue weighted by Crippen LogP contribution is -2.49. The van der Waals surface area contributed by atoms with Crippen LogP contribution in [0.5, 0.6) is 0 Å². The minimum atomic E-state index is -0.288. The second-order valence-corrected chi connectivity index (χ2v) is 5.69. The fraction of sp³-hybridized carbons (Fsp3) is 0.389. The molecule has 2 aromatic rings. The summed E-state index contributed by atoms with van der Waals surface area (Å²) in [6.07, 6.45) is 8.15. The van der Waals surface area contributed by atoms with E-state index in [1.807, 2.05) is 30.3 Å². The Morgan fingerprint density at radius 2 is 2.24 bits per heavy atom. The van der Waals surface area contributed by atoms with E-state index >= 15 is 0 Å². The summed E-state index contributed by atoms with van der Waals surface area (Å²) in [6.45, 7) is 1.96. The Morgan fingerprint density at radius 1 is 1.40 bits per heavy atom. The SMILES string of the molecule is C#CCCCNC(=O)N1CCOC[C@H]1c1ncnn1-c1ccccc1. The minimum Gasteiger partial charge on any atom is -0.377 e. The van der Waals surface area contributed by atoms with Gasteiger partial charge in [0.25, 0.3) is 0 Å². The maximum Gasteiger partial charge on any atom is 0.318 e. The van der Waals surface area contributed by atoms with Crippen molar-refractivity contribution in [1.82, 2.24) is 25.0 Å². The first-order valence-corrected chi connectivity index (χ1v) is 8.32. The fourth-order valence-electron chi connectivity index (χ4n) is 2.79. The summed E-state index contributed by atoms with van der Waals surface area (Å²) < 4.78 is 7.34. The largest absolute Gasteiger partial charge is 0.377 e. The van der Waals surface area contributed by atoms with Gasteiger partial charge in [0.1, 0.15) is 12.4 Å². The summed E-state index contributed by atoms with van der Waals surface area (Å²) in [7, 11) is 0. The standard InChI is InChI=1S/C18H21N5O2/c1-2-3-7-10-19-18(24)22-11-12-25-13-16(22)17-20-14-21-23(17)15-8-5-4-6-9-15/h1,4-6,8-9,14,16H,3,7,10-13H2,(H,19,24)/t16-/m0/s1. The number of rotatable bonds is 5. The van der Waals surface area contributed by atoms with E-state index in [0.29, 0.717) is 38.5 Å². The average molecular weight is 339 g/mol. The van der Waals surface area contributed by atoms with Crippen LogP contribution in [-0.4, -0.2) is 52.0 Å². The van der Waals surface area contributed by atoms with Crippen LogP contribution in [-0.2, 0) is 4.74 Å². The van der Waals surface area contributed by atoms with Crippen molar-refractivity contribution in [3.05, 3.63) is 42.5 Å². The number of nitrogens with one attached hydrogen (secondary N) is 1. The Kier molecular flexibility index (Phi) is 5.65. The number of morpholine rings is 1. The maximum absolute atomic E-state index is 12.6. The number of nitrogens with zero attached hydrogens (tertiary/aromatic N) is 4. The highest BCUT2D eigenvalue weighted by Crippen LogP contribution is 2.24. The maximum atomic E-state index is 12.6. The third-order valence-corrected chi connectivity index (χ3v) is 4.04. The molecule has 3 rings (SSSR count). The first kappa shape index (κ1) is 17.0. The van der Waals surface area contributed by atoms with Gasteiger partial charge in [-0.1, -0.05) is 18.2 Å². The highest BCUT2D eigenvalue weighted by Gasteiger charge is 2.32. The molecule has 1 aromatic heterocycles. The molecule has 25 heavy (non-hydrogen) atoms. The Balaban J connectivity index is 1.77. The molecule has 1 aliphatic heterocycles. The molecule has 130 valence electrons. The summed E-state index contributed by atoms with van der Waals surface area (Å²) in [6, 6.07) is 9.30. The van der Waals surface area contributed by atoms with E-state index in [-0.39, 0.29) is 12.1 Å². The van der Waals surface area contributed by atoms with Crippen molar-refractivity contribution in [3.63, 3.8) is 0 Å². The predicted octanol–water partition coefficient (Wildman–Crippen LogP) is 1.76. The van der Waals surface area contributed by atoms with E-state index in [9.17, 15) is 4.79 Å². The molecular weight excluding hydrogens is 318 g/mol. The first-order valence-electron chi connectivity index (χ1n) is 8.32. The van der Waals surface area contributed by atoms with Crippen LogP contribution >= 0.6 is 0 Å². The smallest absolute Gasteiger partial charge is 0.318 e. The second-order valence-electron chi connectivity index (χ2n) is 5.69. The zero-order valence-electron chi connectivity index (χ0n) is 14.0. The molecule has 2 amide bonds. The van der Waals surface area contributed by atoms with Crippen molar-refractivity contribution in [2.24, 2.45) is 0 Å².